The number of nitrogens with one attached hydrogen (secondary N) is 1. The third-order valence-electron chi connectivity index (χ3n) is 12.8. The van der Waals surface area contributed by atoms with Gasteiger partial charge in [0.15, 0.2) is 11.6 Å². The highest BCUT2D eigenvalue weighted by atomic mass is 16.5. The summed E-state index contributed by atoms with van der Waals surface area (Å²) in [7, 11) is 3.37. The van der Waals surface area contributed by atoms with Gasteiger partial charge in [0.1, 0.15) is 29.1 Å². The minimum absolute atomic E-state index is 0.0342. The fourth-order valence-corrected chi connectivity index (χ4v) is 9.34. The van der Waals surface area contributed by atoms with Gasteiger partial charge >= 0.3 is 6.01 Å². The van der Waals surface area contributed by atoms with Gasteiger partial charge < -0.3 is 35.6 Å². The van der Waals surface area contributed by atoms with Crippen LogP contribution in [0.1, 0.15) is 35.2 Å². The molecular formula is C53H48N14O4. The highest BCUT2D eigenvalue weighted by molar-refractivity contribution is 6.10. The largest absolute Gasteiger partial charge is 0.424 e. The highest BCUT2D eigenvalue weighted by Gasteiger charge is 2.32. The first-order valence-electron chi connectivity index (χ1n) is 22.8. The Morgan fingerprint density at radius 1 is 0.831 bits per heavy atom. The van der Waals surface area contributed by atoms with Crippen LogP contribution in [-0.4, -0.2) is 78.6 Å². The van der Waals surface area contributed by atoms with E-state index in [4.69, 9.17) is 21.2 Å². The summed E-state index contributed by atoms with van der Waals surface area (Å²) in [4.78, 5) is 69.1. The monoisotopic (exact) mass is 944 g/mol. The summed E-state index contributed by atoms with van der Waals surface area (Å²) >= 11 is 0. The van der Waals surface area contributed by atoms with E-state index in [1.54, 1.807) is 69.0 Å². The van der Waals surface area contributed by atoms with Crippen LogP contribution in [0.5, 0.6) is 11.8 Å². The van der Waals surface area contributed by atoms with Crippen LogP contribution in [0.4, 0.5) is 17.3 Å². The molecule has 1 fully saturated rings. The number of anilines is 3. The molecule has 0 bridgehead atoms. The number of nitrogens with zero attached hydrogens (tertiary/aromatic N) is 11. The first-order valence-corrected chi connectivity index (χ1v) is 22.8. The lowest BCUT2D eigenvalue weighted by Crippen LogP contribution is -2.29. The molecule has 0 aliphatic carbocycles. The maximum absolute atomic E-state index is 14.4. The van der Waals surface area contributed by atoms with Crippen molar-refractivity contribution >= 4 is 57.1 Å². The number of hydrogen-bond acceptors (Lipinski definition) is 13. The van der Waals surface area contributed by atoms with Gasteiger partial charge in [-0.1, -0.05) is 49.6 Å². The number of ether oxygens (including phenoxy) is 1. The van der Waals surface area contributed by atoms with Gasteiger partial charge in [-0.05, 0) is 91.4 Å². The topological polar surface area (TPSA) is 233 Å². The van der Waals surface area contributed by atoms with Crippen LogP contribution in [0.15, 0.2) is 127 Å². The number of amides is 2. The first-order chi connectivity index (χ1) is 34.3. The average Bonchev–Trinajstić information content (AvgIpc) is 4.07. The number of aromatic nitrogens is 10. The average molecular weight is 945 g/mol. The second-order valence-electron chi connectivity index (χ2n) is 17.5. The van der Waals surface area contributed by atoms with Crippen molar-refractivity contribution in [3.63, 3.8) is 0 Å². The molecule has 0 spiro atoms. The molecule has 3 aromatic carbocycles. The van der Waals surface area contributed by atoms with Crippen LogP contribution < -0.4 is 27.1 Å². The number of nitrogens with two attached hydrogens (primary N) is 2. The van der Waals surface area contributed by atoms with Crippen LogP contribution >= 0.6 is 0 Å². The summed E-state index contributed by atoms with van der Waals surface area (Å²) in [5.74, 6) is 1.17. The van der Waals surface area contributed by atoms with E-state index in [9.17, 15) is 14.4 Å². The number of benzene rings is 3. The number of hydrogen-bond donors (Lipinski definition) is 3. The van der Waals surface area contributed by atoms with Gasteiger partial charge in [0.2, 0.25) is 0 Å². The molecule has 2 amide bonds. The summed E-state index contributed by atoms with van der Waals surface area (Å²) in [5.41, 5.74) is 22.3. The lowest BCUT2D eigenvalue weighted by atomic mass is 9.97. The fourth-order valence-electron chi connectivity index (χ4n) is 9.34. The summed E-state index contributed by atoms with van der Waals surface area (Å²) in [6.45, 7) is 12.6. The Labute approximate surface area is 407 Å². The normalized spacial score (nSPS) is 13.5. The lowest BCUT2D eigenvalue weighted by molar-refractivity contribution is -0.112. The number of carbonyl (C=O) groups excluding carboxylic acids is 2. The number of fused-ring (bicyclic) bond motifs is 2. The number of carbonyl (C=O) groups is 2. The predicted octanol–water partition coefficient (Wildman–Crippen LogP) is 7.85. The number of aryl methyl sites for hydroxylation is 3. The molecule has 10 rings (SSSR count). The Morgan fingerprint density at radius 3 is 2.18 bits per heavy atom. The molecule has 1 unspecified atom stereocenters. The van der Waals surface area contributed by atoms with Crippen LogP contribution in [0.25, 0.3) is 72.8 Å². The zero-order valence-corrected chi connectivity index (χ0v) is 39.4. The summed E-state index contributed by atoms with van der Waals surface area (Å²) in [6.07, 6.45) is 8.95. The van der Waals surface area contributed by atoms with Crippen LogP contribution in [0.2, 0.25) is 0 Å². The van der Waals surface area contributed by atoms with Gasteiger partial charge in [-0.15, -0.1) is 0 Å². The molecule has 9 aromatic rings. The smallest absolute Gasteiger partial charge is 0.322 e. The van der Waals surface area contributed by atoms with Crippen molar-refractivity contribution in [1.82, 2.24) is 53.7 Å². The number of likely N-dealkylation sites (tertiary alicyclic amines) is 1. The summed E-state index contributed by atoms with van der Waals surface area (Å²) < 4.78 is 11.2. The summed E-state index contributed by atoms with van der Waals surface area (Å²) in [5, 5.41) is 8.35. The molecule has 1 aliphatic heterocycles. The van der Waals surface area contributed by atoms with E-state index < -0.39 is 0 Å². The molecule has 7 heterocycles. The van der Waals surface area contributed by atoms with E-state index in [0.717, 1.165) is 45.6 Å². The third kappa shape index (κ3) is 8.40. The number of nitrogen functional groups attached to an aromatic ring is 2. The molecule has 6 aromatic heterocycles. The first kappa shape index (κ1) is 45.5. The number of rotatable bonds is 12. The van der Waals surface area contributed by atoms with Gasteiger partial charge in [-0.3, -0.25) is 14.4 Å². The van der Waals surface area contributed by atoms with Crippen molar-refractivity contribution in [2.45, 2.75) is 26.8 Å². The summed E-state index contributed by atoms with van der Waals surface area (Å²) in [6, 6.07) is 24.3. The van der Waals surface area contributed by atoms with Crippen LogP contribution in [0.3, 0.4) is 0 Å². The molecule has 18 nitrogen and oxygen atoms in total. The van der Waals surface area contributed by atoms with Gasteiger partial charge in [0.05, 0.1) is 22.2 Å². The maximum Gasteiger partial charge on any atom is 0.322 e. The highest BCUT2D eigenvalue weighted by Crippen LogP contribution is 2.44. The molecule has 0 radical (unpaired) electrons. The van der Waals surface area contributed by atoms with Crippen LogP contribution in [0, 0.1) is 12.8 Å². The van der Waals surface area contributed by atoms with E-state index in [2.05, 4.69) is 53.1 Å². The quantitative estimate of drug-likeness (QED) is 0.0992. The standard InChI is InChI=1S/C53H48N14O4/c1-7-39-57-24-36(25-58-39)45-41(33-14-18-38(19-15-33)71-53-56-22-20-30(4)61-53)43-47(54)59-28-60-49(43)67(45)27-31-21-23-66(26-31)51(69)35-10-8-32(9-11-35)40-42-46(52(70)65(6)63-48(42)55)64(5)44(40)34-12-16-37(17-13-34)62-50(68)29(2)3/h7-20,22,24-25,28,31H,1-2,21,23,26-27H2,3-6H3,(H2,55,63)(H,62,68)(H2,54,59,60). The van der Waals surface area contributed by atoms with Crippen molar-refractivity contribution < 1.29 is 14.3 Å². The second-order valence-corrected chi connectivity index (χ2v) is 17.5. The minimum Gasteiger partial charge on any atom is -0.424 e. The van der Waals surface area contributed by atoms with Gasteiger partial charge in [-0.25, -0.2) is 34.6 Å². The van der Waals surface area contributed by atoms with Gasteiger partial charge in [0.25, 0.3) is 17.4 Å². The Hall–Kier alpha value is -9.32. The van der Waals surface area contributed by atoms with Gasteiger partial charge in [0, 0.05) is 91.5 Å². The van der Waals surface area contributed by atoms with Crippen molar-refractivity contribution in [2.24, 2.45) is 20.0 Å². The van der Waals surface area contributed by atoms with E-state index in [0.29, 0.717) is 87.0 Å². The third-order valence-corrected chi connectivity index (χ3v) is 12.8. The van der Waals surface area contributed by atoms with Crippen molar-refractivity contribution in [3.8, 4) is 56.5 Å². The van der Waals surface area contributed by atoms with Crippen molar-refractivity contribution in [1.29, 1.82) is 0 Å². The van der Waals surface area contributed by atoms with Crippen molar-refractivity contribution in [2.75, 3.05) is 29.9 Å². The zero-order valence-electron chi connectivity index (χ0n) is 39.4. The second kappa shape index (κ2) is 18.3. The van der Waals surface area contributed by atoms with E-state index in [1.165, 1.54) is 11.0 Å². The molecule has 1 aliphatic rings. The fraction of sp³-hybridized carbons (Fsp3) is 0.170. The van der Waals surface area contributed by atoms with E-state index in [1.807, 2.05) is 72.0 Å². The predicted molar refractivity (Wildman–Crippen MR) is 274 cm³/mol. The Kier molecular flexibility index (Phi) is 11.7. The maximum atomic E-state index is 14.4. The molecular weight excluding hydrogens is 897 g/mol. The molecule has 71 heavy (non-hydrogen) atoms. The minimum atomic E-state index is -0.315. The molecule has 5 N–H and O–H groups in total. The zero-order chi connectivity index (χ0) is 49.7. The van der Waals surface area contributed by atoms with Crippen molar-refractivity contribution in [3.05, 3.63) is 150 Å². The van der Waals surface area contributed by atoms with E-state index in [-0.39, 0.29) is 35.1 Å². The molecule has 1 atom stereocenters. The Morgan fingerprint density at radius 2 is 1.51 bits per heavy atom. The molecule has 354 valence electrons. The molecule has 0 saturated carbocycles. The molecule has 18 heteroatoms. The van der Waals surface area contributed by atoms with E-state index >= 15 is 0 Å². The SMILES string of the molecule is C=Cc1ncc(-c2c(-c3ccc(Oc4nccc(C)n4)cc3)c3c(N)ncnc3n2CC2CCN(C(=O)c3ccc(-c4c(-c5ccc(NC(=O)C(=C)C)cc5)n(C)c5c(=O)n(C)nc(N)c45)cc3)C2)cn1. The Bertz CT molecular complexity index is 3650. The van der Waals surface area contributed by atoms with Gasteiger partial charge in [-0.2, -0.15) is 5.10 Å². The Balaban J connectivity index is 0.956. The lowest BCUT2D eigenvalue weighted by Gasteiger charge is -2.19. The van der Waals surface area contributed by atoms with Crippen LogP contribution in [-0.2, 0) is 25.4 Å². The molecule has 1 saturated heterocycles.